The van der Waals surface area contributed by atoms with Crippen molar-refractivity contribution in [2.45, 2.75) is 40.7 Å². The molecule has 5 rings (SSSR count). The number of rotatable bonds is 6. The Balaban J connectivity index is 1.55. The van der Waals surface area contributed by atoms with Gasteiger partial charge in [0, 0.05) is 23.8 Å². The van der Waals surface area contributed by atoms with Crippen molar-refractivity contribution in [3.05, 3.63) is 118 Å². The van der Waals surface area contributed by atoms with Gasteiger partial charge in [0.25, 0.3) is 5.91 Å². The highest BCUT2D eigenvalue weighted by Gasteiger charge is 2.34. The molecule has 1 aliphatic rings. The van der Waals surface area contributed by atoms with E-state index in [2.05, 4.69) is 61.5 Å². The lowest BCUT2D eigenvalue weighted by atomic mass is 10.1. The van der Waals surface area contributed by atoms with Crippen LogP contribution in [0.2, 0.25) is 0 Å². The van der Waals surface area contributed by atoms with Crippen molar-refractivity contribution in [2.75, 3.05) is 0 Å². The van der Waals surface area contributed by atoms with Gasteiger partial charge in [-0.15, -0.1) is 0 Å². The molecule has 5 nitrogen and oxygen atoms in total. The minimum atomic E-state index is -0.0431. The van der Waals surface area contributed by atoms with E-state index in [1.54, 1.807) is 17.3 Å². The van der Waals surface area contributed by atoms with E-state index in [0.717, 1.165) is 34.6 Å². The molecule has 6 heteroatoms. The van der Waals surface area contributed by atoms with Gasteiger partial charge in [-0.05, 0) is 91.5 Å². The first-order valence-corrected chi connectivity index (χ1v) is 13.3. The second kappa shape index (κ2) is 10.6. The number of aliphatic imine (C=N–C) groups is 1. The zero-order chi connectivity index (χ0) is 25.9. The predicted octanol–water partition coefficient (Wildman–Crippen LogP) is 7.16. The fourth-order valence-corrected chi connectivity index (χ4v) is 5.75. The monoisotopic (exact) mass is 506 g/mol. The molecule has 1 aliphatic heterocycles. The normalized spacial score (nSPS) is 15.8. The fraction of sp³-hybridized carbons (Fsp3) is 0.194. The third-order valence-corrected chi connectivity index (χ3v) is 7.62. The number of carbonyl (C=O) groups is 1. The minimum Gasteiger partial charge on any atom is -0.317 e. The number of para-hydroxylation sites is 2. The molecule has 1 fully saturated rings. The van der Waals surface area contributed by atoms with Crippen LogP contribution in [0.3, 0.4) is 0 Å². The van der Waals surface area contributed by atoms with Crippen LogP contribution >= 0.6 is 11.8 Å². The van der Waals surface area contributed by atoms with Crippen LogP contribution in [0.4, 0.5) is 5.69 Å². The number of hydrogen-bond acceptors (Lipinski definition) is 4. The number of nitrogens with zero attached hydrogens (tertiary/aromatic N) is 4. The molecular formula is C31H30N4OS. The first kappa shape index (κ1) is 24.8. The summed E-state index contributed by atoms with van der Waals surface area (Å²) < 4.78 is 2.32. The highest BCUT2D eigenvalue weighted by molar-refractivity contribution is 8.18. The van der Waals surface area contributed by atoms with Crippen LogP contribution in [0.5, 0.6) is 0 Å². The van der Waals surface area contributed by atoms with E-state index in [-0.39, 0.29) is 5.91 Å². The molecule has 2 aromatic carbocycles. The van der Waals surface area contributed by atoms with Gasteiger partial charge in [0.15, 0.2) is 5.17 Å². The third-order valence-electron chi connectivity index (χ3n) is 6.62. The first-order valence-electron chi connectivity index (χ1n) is 12.5. The minimum absolute atomic E-state index is 0.0431. The van der Waals surface area contributed by atoms with E-state index in [1.165, 1.54) is 28.6 Å². The summed E-state index contributed by atoms with van der Waals surface area (Å²) in [5, 5.41) is 0.673. The Labute approximate surface area is 222 Å². The Bertz CT molecular complexity index is 1500. The van der Waals surface area contributed by atoms with Crippen LogP contribution in [0.15, 0.2) is 89.0 Å². The van der Waals surface area contributed by atoms with Crippen LogP contribution in [0.1, 0.15) is 40.6 Å². The Hall–Kier alpha value is -3.90. The molecular weight excluding hydrogens is 476 g/mol. The summed E-state index contributed by atoms with van der Waals surface area (Å²) in [5.74, 6) is -0.0431. The molecule has 0 atom stereocenters. The largest absolute Gasteiger partial charge is 0.317 e. The van der Waals surface area contributed by atoms with Gasteiger partial charge in [-0.1, -0.05) is 49.4 Å². The summed E-state index contributed by atoms with van der Waals surface area (Å²) in [5.41, 5.74) is 8.88. The second-order valence-electron chi connectivity index (χ2n) is 9.19. The van der Waals surface area contributed by atoms with E-state index in [1.807, 2.05) is 48.5 Å². The summed E-state index contributed by atoms with van der Waals surface area (Å²) in [4.78, 5) is 25.1. The Morgan fingerprint density at radius 1 is 1.00 bits per heavy atom. The van der Waals surface area contributed by atoms with Crippen molar-refractivity contribution in [1.29, 1.82) is 0 Å². The molecule has 1 amide bonds. The zero-order valence-electron chi connectivity index (χ0n) is 21.6. The van der Waals surface area contributed by atoms with Gasteiger partial charge in [-0.3, -0.25) is 14.7 Å². The molecule has 0 N–H and O–H groups in total. The summed E-state index contributed by atoms with van der Waals surface area (Å²) >= 11 is 1.42. The van der Waals surface area contributed by atoms with Crippen molar-refractivity contribution in [3.8, 4) is 5.69 Å². The lowest BCUT2D eigenvalue weighted by Crippen LogP contribution is -2.28. The molecule has 0 unspecified atom stereocenters. The van der Waals surface area contributed by atoms with Crippen LogP contribution in [-0.4, -0.2) is 25.5 Å². The molecule has 2 aromatic heterocycles. The zero-order valence-corrected chi connectivity index (χ0v) is 22.4. The van der Waals surface area contributed by atoms with Gasteiger partial charge in [0.05, 0.1) is 22.8 Å². The Morgan fingerprint density at radius 3 is 2.54 bits per heavy atom. The molecule has 1 saturated heterocycles. The van der Waals surface area contributed by atoms with Gasteiger partial charge >= 0.3 is 0 Å². The average molecular weight is 507 g/mol. The molecule has 37 heavy (non-hydrogen) atoms. The van der Waals surface area contributed by atoms with Crippen molar-refractivity contribution in [2.24, 2.45) is 4.99 Å². The molecule has 0 saturated carbocycles. The number of thioether (sulfide) groups is 1. The maximum atomic E-state index is 13.7. The lowest BCUT2D eigenvalue weighted by molar-refractivity contribution is -0.122. The van der Waals surface area contributed by atoms with Crippen LogP contribution < -0.4 is 0 Å². The number of benzene rings is 2. The maximum Gasteiger partial charge on any atom is 0.267 e. The molecule has 0 radical (unpaired) electrons. The number of pyridine rings is 1. The SMILES string of the molecule is CCc1cccc(C)c1-n1c(C)cc(/C=C2\SC(=Nc3ccccc3)N(Cc3cccnc3)C2=O)c1C. The number of amidine groups is 1. The summed E-state index contributed by atoms with van der Waals surface area (Å²) in [6.07, 6.45) is 6.50. The van der Waals surface area contributed by atoms with Gasteiger partial charge in [0.1, 0.15) is 0 Å². The van der Waals surface area contributed by atoms with E-state index >= 15 is 0 Å². The predicted molar refractivity (Wildman–Crippen MR) is 153 cm³/mol. The van der Waals surface area contributed by atoms with Gasteiger partial charge in [0.2, 0.25) is 0 Å². The van der Waals surface area contributed by atoms with E-state index in [0.29, 0.717) is 16.6 Å². The van der Waals surface area contributed by atoms with Crippen molar-refractivity contribution in [3.63, 3.8) is 0 Å². The quantitative estimate of drug-likeness (QED) is 0.261. The second-order valence-corrected chi connectivity index (χ2v) is 10.2. The maximum absolute atomic E-state index is 13.7. The fourth-order valence-electron chi connectivity index (χ4n) is 4.76. The molecule has 0 bridgehead atoms. The molecule has 186 valence electrons. The highest BCUT2D eigenvalue weighted by Crippen LogP contribution is 2.36. The van der Waals surface area contributed by atoms with Crippen molar-refractivity contribution < 1.29 is 4.79 Å². The molecule has 0 spiro atoms. The number of aryl methyl sites for hydroxylation is 3. The van der Waals surface area contributed by atoms with E-state index in [4.69, 9.17) is 4.99 Å². The molecule has 4 aromatic rings. The van der Waals surface area contributed by atoms with Crippen LogP contribution in [0, 0.1) is 20.8 Å². The Kier molecular flexibility index (Phi) is 7.10. The number of carbonyl (C=O) groups excluding carboxylic acids is 1. The van der Waals surface area contributed by atoms with E-state index < -0.39 is 0 Å². The summed E-state index contributed by atoms with van der Waals surface area (Å²) in [7, 11) is 0. The summed E-state index contributed by atoms with van der Waals surface area (Å²) in [6.45, 7) is 9.02. The highest BCUT2D eigenvalue weighted by atomic mass is 32.2. The van der Waals surface area contributed by atoms with Crippen LogP contribution in [0.25, 0.3) is 11.8 Å². The first-order chi connectivity index (χ1) is 18.0. The smallest absolute Gasteiger partial charge is 0.267 e. The number of aromatic nitrogens is 2. The third kappa shape index (κ3) is 5.02. The van der Waals surface area contributed by atoms with Crippen molar-refractivity contribution in [1.82, 2.24) is 14.5 Å². The van der Waals surface area contributed by atoms with Crippen molar-refractivity contribution >= 4 is 34.6 Å². The molecule has 3 heterocycles. The van der Waals surface area contributed by atoms with E-state index in [9.17, 15) is 4.79 Å². The van der Waals surface area contributed by atoms with Crippen LogP contribution in [-0.2, 0) is 17.8 Å². The number of amides is 1. The van der Waals surface area contributed by atoms with Gasteiger partial charge in [-0.2, -0.15) is 0 Å². The topological polar surface area (TPSA) is 50.5 Å². The standard InChI is InChI=1S/C31H30N4OS/c1-5-25-13-9-11-21(2)29(25)35-22(3)17-26(23(35)4)18-28-30(36)34(20-24-12-10-16-32-19-24)31(37-28)33-27-14-7-6-8-15-27/h6-19H,5,20H2,1-4H3/b28-18-,33-31?. The van der Waals surface area contributed by atoms with Gasteiger partial charge < -0.3 is 4.57 Å². The average Bonchev–Trinajstić information content (AvgIpc) is 3.34. The Morgan fingerprint density at radius 2 is 1.81 bits per heavy atom. The number of hydrogen-bond donors (Lipinski definition) is 0. The summed E-state index contributed by atoms with van der Waals surface area (Å²) in [6, 6.07) is 22.3. The lowest BCUT2D eigenvalue weighted by Gasteiger charge is -2.17. The van der Waals surface area contributed by atoms with Gasteiger partial charge in [-0.25, -0.2) is 4.99 Å². The molecule has 0 aliphatic carbocycles.